The number of rotatable bonds is 5. The number of morpholine rings is 1. The van der Waals surface area contributed by atoms with Gasteiger partial charge in [0.05, 0.1) is 29.8 Å². The van der Waals surface area contributed by atoms with Crippen molar-refractivity contribution in [3.63, 3.8) is 0 Å². The summed E-state index contributed by atoms with van der Waals surface area (Å²) in [5.74, 6) is -1.35. The number of carboxylic acids is 1. The lowest BCUT2D eigenvalue weighted by Crippen LogP contribution is -2.46. The summed E-state index contributed by atoms with van der Waals surface area (Å²) < 4.78 is 29.2. The number of carbonyl (C=O) groups is 2. The summed E-state index contributed by atoms with van der Waals surface area (Å²) in [5.41, 5.74) is 0.274. The normalized spacial score (nSPS) is 18.7. The fraction of sp³-hybridized carbons (Fsp3) is 0.467. The average Bonchev–Trinajstić information content (AvgIpc) is 2.54. The van der Waals surface area contributed by atoms with Crippen molar-refractivity contribution in [3.8, 4) is 0 Å². The van der Waals surface area contributed by atoms with Crippen LogP contribution in [0.15, 0.2) is 29.2 Å². The second-order valence-electron chi connectivity index (χ2n) is 5.27. The minimum Gasteiger partial charge on any atom is -0.481 e. The van der Waals surface area contributed by atoms with Gasteiger partial charge in [0.1, 0.15) is 0 Å². The van der Waals surface area contributed by atoms with E-state index in [0.717, 1.165) is 0 Å². The molecule has 8 heteroatoms. The summed E-state index contributed by atoms with van der Waals surface area (Å²) >= 11 is 0. The molecule has 1 aliphatic heterocycles. The molecule has 7 nitrogen and oxygen atoms in total. The number of amides is 1. The first-order valence-electron chi connectivity index (χ1n) is 7.29. The molecule has 2 rings (SSSR count). The predicted octanol–water partition coefficient (Wildman–Crippen LogP) is 0.796. The van der Waals surface area contributed by atoms with E-state index >= 15 is 0 Å². The lowest BCUT2D eigenvalue weighted by molar-refractivity contribution is -0.141. The molecule has 1 amide bonds. The third-order valence-electron chi connectivity index (χ3n) is 3.65. The first-order chi connectivity index (χ1) is 10.8. The van der Waals surface area contributed by atoms with Crippen LogP contribution in [0.2, 0.25) is 0 Å². The highest BCUT2D eigenvalue weighted by atomic mass is 32.2. The molecule has 1 saturated heterocycles. The van der Waals surface area contributed by atoms with Crippen LogP contribution in [0.1, 0.15) is 23.7 Å². The van der Waals surface area contributed by atoms with Crippen LogP contribution in [-0.2, 0) is 19.4 Å². The van der Waals surface area contributed by atoms with Gasteiger partial charge < -0.3 is 14.7 Å². The molecule has 1 heterocycles. The summed E-state index contributed by atoms with van der Waals surface area (Å²) in [4.78, 5) is 24.9. The van der Waals surface area contributed by atoms with Gasteiger partial charge >= 0.3 is 5.97 Å². The zero-order valence-electron chi connectivity index (χ0n) is 12.8. The molecule has 0 spiro atoms. The summed E-state index contributed by atoms with van der Waals surface area (Å²) in [7, 11) is -3.38. The Morgan fingerprint density at radius 1 is 1.39 bits per heavy atom. The van der Waals surface area contributed by atoms with E-state index in [2.05, 4.69) is 0 Å². The standard InChI is InChI=1S/C15H19NO6S/c1-2-23(20,21)13-5-3-4-11(8-13)15(19)16-6-7-22-12(10-16)9-14(17)18/h3-5,8,12H,2,6-7,9-10H2,1H3,(H,17,18). The minimum atomic E-state index is -3.38. The van der Waals surface area contributed by atoms with Crippen molar-refractivity contribution >= 4 is 21.7 Å². The molecular weight excluding hydrogens is 322 g/mol. The Bertz CT molecular complexity index is 700. The molecule has 126 valence electrons. The van der Waals surface area contributed by atoms with Crippen LogP contribution in [0, 0.1) is 0 Å². The van der Waals surface area contributed by atoms with Crippen LogP contribution in [-0.4, -0.2) is 61.9 Å². The number of sulfone groups is 1. The van der Waals surface area contributed by atoms with Crippen LogP contribution >= 0.6 is 0 Å². The van der Waals surface area contributed by atoms with Crippen molar-refractivity contribution < 1.29 is 27.9 Å². The monoisotopic (exact) mass is 341 g/mol. The van der Waals surface area contributed by atoms with Gasteiger partial charge in [-0.15, -0.1) is 0 Å². The molecule has 1 atom stereocenters. The summed E-state index contributed by atoms with van der Waals surface area (Å²) in [6.45, 7) is 2.33. The van der Waals surface area contributed by atoms with Crippen LogP contribution in [0.4, 0.5) is 0 Å². The van der Waals surface area contributed by atoms with E-state index in [1.807, 2.05) is 0 Å². The minimum absolute atomic E-state index is 0.0388. The van der Waals surface area contributed by atoms with E-state index in [1.54, 1.807) is 13.0 Å². The number of carbonyl (C=O) groups excluding carboxylic acids is 1. The highest BCUT2D eigenvalue weighted by molar-refractivity contribution is 7.91. The molecule has 1 aliphatic rings. The summed E-state index contributed by atoms with van der Waals surface area (Å²) in [6.07, 6.45) is -0.721. The number of ether oxygens (including phenoxy) is 1. The maximum atomic E-state index is 12.5. The Morgan fingerprint density at radius 2 is 2.13 bits per heavy atom. The average molecular weight is 341 g/mol. The van der Waals surface area contributed by atoms with Crippen molar-refractivity contribution in [3.05, 3.63) is 29.8 Å². The number of aliphatic carboxylic acids is 1. The maximum absolute atomic E-state index is 12.5. The highest BCUT2D eigenvalue weighted by Gasteiger charge is 2.27. The number of hydrogen-bond donors (Lipinski definition) is 1. The fourth-order valence-electron chi connectivity index (χ4n) is 2.39. The lowest BCUT2D eigenvalue weighted by atomic mass is 10.1. The second kappa shape index (κ2) is 7.10. The number of hydrogen-bond acceptors (Lipinski definition) is 5. The van der Waals surface area contributed by atoms with Crippen molar-refractivity contribution in [2.24, 2.45) is 0 Å². The molecule has 0 saturated carbocycles. The van der Waals surface area contributed by atoms with Gasteiger partial charge in [-0.2, -0.15) is 0 Å². The highest BCUT2D eigenvalue weighted by Crippen LogP contribution is 2.17. The van der Waals surface area contributed by atoms with Gasteiger partial charge in [-0.25, -0.2) is 8.42 Å². The molecule has 0 aromatic heterocycles. The van der Waals surface area contributed by atoms with E-state index in [0.29, 0.717) is 6.54 Å². The molecule has 1 N–H and O–H groups in total. The quantitative estimate of drug-likeness (QED) is 0.850. The zero-order valence-corrected chi connectivity index (χ0v) is 13.6. The van der Waals surface area contributed by atoms with Gasteiger partial charge in [0.15, 0.2) is 9.84 Å². The van der Waals surface area contributed by atoms with Gasteiger partial charge in [0, 0.05) is 18.7 Å². The Kier molecular flexibility index (Phi) is 5.38. The molecule has 0 bridgehead atoms. The number of benzene rings is 1. The molecule has 23 heavy (non-hydrogen) atoms. The van der Waals surface area contributed by atoms with Gasteiger partial charge in [0.25, 0.3) is 5.91 Å². The van der Waals surface area contributed by atoms with E-state index in [-0.39, 0.29) is 41.7 Å². The van der Waals surface area contributed by atoms with E-state index in [1.165, 1.54) is 23.1 Å². The van der Waals surface area contributed by atoms with Gasteiger partial charge in [0.2, 0.25) is 0 Å². The van der Waals surface area contributed by atoms with Crippen molar-refractivity contribution in [2.75, 3.05) is 25.4 Å². The number of carboxylic acid groups (broad SMARTS) is 1. The Labute approximate surface area is 134 Å². The molecule has 1 fully saturated rings. The largest absolute Gasteiger partial charge is 0.481 e. The van der Waals surface area contributed by atoms with E-state index in [4.69, 9.17) is 9.84 Å². The smallest absolute Gasteiger partial charge is 0.306 e. The molecule has 1 aromatic carbocycles. The molecule has 1 aromatic rings. The van der Waals surface area contributed by atoms with Crippen LogP contribution < -0.4 is 0 Å². The topological polar surface area (TPSA) is 101 Å². The van der Waals surface area contributed by atoms with Crippen LogP contribution in [0.3, 0.4) is 0 Å². The third-order valence-corrected chi connectivity index (χ3v) is 5.38. The molecule has 0 radical (unpaired) electrons. The van der Waals surface area contributed by atoms with E-state index < -0.39 is 21.9 Å². The van der Waals surface area contributed by atoms with Crippen molar-refractivity contribution in [2.45, 2.75) is 24.3 Å². The van der Waals surface area contributed by atoms with Crippen molar-refractivity contribution in [1.29, 1.82) is 0 Å². The second-order valence-corrected chi connectivity index (χ2v) is 7.55. The Balaban J connectivity index is 2.17. The summed E-state index contributed by atoms with van der Waals surface area (Å²) in [5, 5.41) is 8.81. The maximum Gasteiger partial charge on any atom is 0.306 e. The molecular formula is C15H19NO6S. The SMILES string of the molecule is CCS(=O)(=O)c1cccc(C(=O)N2CCOC(CC(=O)O)C2)c1. The van der Waals surface area contributed by atoms with E-state index in [9.17, 15) is 18.0 Å². The number of nitrogens with zero attached hydrogens (tertiary/aromatic N) is 1. The van der Waals surface area contributed by atoms with Crippen LogP contribution in [0.5, 0.6) is 0 Å². The lowest BCUT2D eigenvalue weighted by Gasteiger charge is -2.32. The predicted molar refractivity (Wildman–Crippen MR) is 82.1 cm³/mol. The van der Waals surface area contributed by atoms with Crippen molar-refractivity contribution in [1.82, 2.24) is 4.90 Å². The van der Waals surface area contributed by atoms with Crippen LogP contribution in [0.25, 0.3) is 0 Å². The fourth-order valence-corrected chi connectivity index (χ4v) is 3.32. The zero-order chi connectivity index (χ0) is 17.0. The third kappa shape index (κ3) is 4.29. The van der Waals surface area contributed by atoms with Gasteiger partial charge in [-0.1, -0.05) is 13.0 Å². The molecule has 1 unspecified atom stereocenters. The van der Waals surface area contributed by atoms with Gasteiger partial charge in [-0.3, -0.25) is 9.59 Å². The summed E-state index contributed by atoms with van der Waals surface area (Å²) in [6, 6.07) is 5.91. The Hall–Kier alpha value is -1.93. The first kappa shape index (κ1) is 17.4. The Morgan fingerprint density at radius 3 is 2.78 bits per heavy atom. The first-order valence-corrected chi connectivity index (χ1v) is 8.94. The molecule has 0 aliphatic carbocycles. The van der Waals surface area contributed by atoms with Gasteiger partial charge in [-0.05, 0) is 18.2 Å².